The van der Waals surface area contributed by atoms with E-state index in [9.17, 15) is 0 Å². The maximum Gasteiger partial charge on any atom is 0.0482 e. The van der Waals surface area contributed by atoms with Gasteiger partial charge in [0.25, 0.3) is 0 Å². The van der Waals surface area contributed by atoms with Crippen LogP contribution in [0.1, 0.15) is 34.7 Å². The highest BCUT2D eigenvalue weighted by Crippen LogP contribution is 2.34. The molecular formula is C18H22N2. The zero-order chi connectivity index (χ0) is 13.9. The van der Waals surface area contributed by atoms with Crippen LogP contribution in [-0.2, 0) is 12.8 Å². The smallest absolute Gasteiger partial charge is 0.0482 e. The van der Waals surface area contributed by atoms with Crippen molar-refractivity contribution in [3.05, 3.63) is 65.0 Å². The molecule has 0 spiro atoms. The van der Waals surface area contributed by atoms with Crippen LogP contribution in [-0.4, -0.2) is 18.1 Å². The molecule has 3 rings (SSSR count). The van der Waals surface area contributed by atoms with Gasteiger partial charge in [-0.2, -0.15) is 0 Å². The molecule has 20 heavy (non-hydrogen) atoms. The summed E-state index contributed by atoms with van der Waals surface area (Å²) < 4.78 is 0. The van der Waals surface area contributed by atoms with Crippen molar-refractivity contribution in [2.75, 3.05) is 7.05 Å². The minimum Gasteiger partial charge on any atom is -0.316 e. The fraction of sp³-hybridized carbons (Fsp3) is 0.389. The number of rotatable bonds is 4. The Kier molecular flexibility index (Phi) is 3.83. The summed E-state index contributed by atoms with van der Waals surface area (Å²) in [6.45, 7) is 2.14. The second-order valence-corrected chi connectivity index (χ2v) is 5.78. The normalized spacial score (nSPS) is 18.8. The maximum absolute atomic E-state index is 4.63. The fourth-order valence-electron chi connectivity index (χ4n) is 3.26. The summed E-state index contributed by atoms with van der Waals surface area (Å²) in [4.78, 5) is 4.63. The van der Waals surface area contributed by atoms with Gasteiger partial charge in [0.15, 0.2) is 0 Å². The van der Waals surface area contributed by atoms with Gasteiger partial charge >= 0.3 is 0 Å². The predicted octanol–water partition coefficient (Wildman–Crippen LogP) is 3.25. The van der Waals surface area contributed by atoms with Crippen molar-refractivity contribution in [1.82, 2.24) is 10.3 Å². The Bertz CT molecular complexity index is 574. The van der Waals surface area contributed by atoms with E-state index in [0.29, 0.717) is 12.0 Å². The quantitative estimate of drug-likeness (QED) is 0.919. The van der Waals surface area contributed by atoms with Crippen LogP contribution in [0.15, 0.2) is 42.6 Å². The van der Waals surface area contributed by atoms with E-state index in [4.69, 9.17) is 0 Å². The molecule has 0 saturated heterocycles. The van der Waals surface area contributed by atoms with Gasteiger partial charge in [0.2, 0.25) is 0 Å². The average Bonchev–Trinajstić information content (AvgIpc) is 2.91. The average molecular weight is 266 g/mol. The van der Waals surface area contributed by atoms with Crippen molar-refractivity contribution in [2.45, 2.75) is 38.1 Å². The number of aryl methyl sites for hydroxylation is 2. The van der Waals surface area contributed by atoms with Gasteiger partial charge in [-0.1, -0.05) is 35.9 Å². The highest BCUT2D eigenvalue weighted by Gasteiger charge is 2.29. The van der Waals surface area contributed by atoms with Crippen LogP contribution in [0.4, 0.5) is 0 Å². The first-order chi connectivity index (χ1) is 9.78. The number of fused-ring (bicyclic) bond motifs is 1. The van der Waals surface area contributed by atoms with Crippen molar-refractivity contribution < 1.29 is 0 Å². The highest BCUT2D eigenvalue weighted by atomic mass is 14.9. The topological polar surface area (TPSA) is 24.9 Å². The molecule has 104 valence electrons. The van der Waals surface area contributed by atoms with Crippen LogP contribution in [0.2, 0.25) is 0 Å². The Morgan fingerprint density at radius 3 is 2.80 bits per heavy atom. The summed E-state index contributed by atoms with van der Waals surface area (Å²) in [5.74, 6) is 0.539. The summed E-state index contributed by atoms with van der Waals surface area (Å²) in [5, 5.41) is 3.51. The van der Waals surface area contributed by atoms with Crippen LogP contribution >= 0.6 is 0 Å². The van der Waals surface area contributed by atoms with Gasteiger partial charge in [0, 0.05) is 23.9 Å². The van der Waals surface area contributed by atoms with Gasteiger partial charge in [-0.3, -0.25) is 4.98 Å². The molecule has 2 unspecified atom stereocenters. The van der Waals surface area contributed by atoms with E-state index in [0.717, 1.165) is 6.42 Å². The number of nitrogens with one attached hydrogen (secondary N) is 1. The molecule has 2 heteroatoms. The van der Waals surface area contributed by atoms with Crippen molar-refractivity contribution in [3.63, 3.8) is 0 Å². The lowest BCUT2D eigenvalue weighted by atomic mass is 9.91. The SMILES string of the molecule is CNC(Cc1ccc(C)cc1)C1CCc2cccnc21. The third-order valence-corrected chi connectivity index (χ3v) is 4.43. The lowest BCUT2D eigenvalue weighted by Crippen LogP contribution is -2.33. The van der Waals surface area contributed by atoms with Crippen LogP contribution in [0.25, 0.3) is 0 Å². The lowest BCUT2D eigenvalue weighted by Gasteiger charge is -2.23. The summed E-state index contributed by atoms with van der Waals surface area (Å²) in [6.07, 6.45) is 5.37. The number of hydrogen-bond acceptors (Lipinski definition) is 2. The van der Waals surface area contributed by atoms with Crippen molar-refractivity contribution in [1.29, 1.82) is 0 Å². The first-order valence-electron chi connectivity index (χ1n) is 7.44. The molecule has 0 saturated carbocycles. The van der Waals surface area contributed by atoms with E-state index in [1.54, 1.807) is 0 Å². The summed E-state index contributed by atoms with van der Waals surface area (Å²) in [6, 6.07) is 13.6. The molecule has 0 aliphatic heterocycles. The van der Waals surface area contributed by atoms with Gasteiger partial charge < -0.3 is 5.32 Å². The predicted molar refractivity (Wildman–Crippen MR) is 83.0 cm³/mol. The fourth-order valence-corrected chi connectivity index (χ4v) is 3.26. The summed E-state index contributed by atoms with van der Waals surface area (Å²) >= 11 is 0. The summed E-state index contributed by atoms with van der Waals surface area (Å²) in [7, 11) is 2.07. The lowest BCUT2D eigenvalue weighted by molar-refractivity contribution is 0.450. The van der Waals surface area contributed by atoms with E-state index >= 15 is 0 Å². The zero-order valence-corrected chi connectivity index (χ0v) is 12.3. The van der Waals surface area contributed by atoms with Crippen LogP contribution < -0.4 is 5.32 Å². The second kappa shape index (κ2) is 5.76. The third-order valence-electron chi connectivity index (χ3n) is 4.43. The number of benzene rings is 1. The molecule has 0 radical (unpaired) electrons. The van der Waals surface area contributed by atoms with Crippen LogP contribution in [0.3, 0.4) is 0 Å². The second-order valence-electron chi connectivity index (χ2n) is 5.78. The molecule has 2 nitrogen and oxygen atoms in total. The largest absolute Gasteiger partial charge is 0.316 e. The van der Waals surface area contributed by atoms with E-state index in [1.807, 2.05) is 6.20 Å². The summed E-state index contributed by atoms with van der Waals surface area (Å²) in [5.41, 5.74) is 5.46. The van der Waals surface area contributed by atoms with Gasteiger partial charge in [0.1, 0.15) is 0 Å². The molecule has 0 fully saturated rings. The van der Waals surface area contributed by atoms with Gasteiger partial charge in [-0.25, -0.2) is 0 Å². The third kappa shape index (κ3) is 2.61. The molecular weight excluding hydrogens is 244 g/mol. The minimum atomic E-state index is 0.467. The van der Waals surface area contributed by atoms with E-state index in [1.165, 1.54) is 35.2 Å². The molecule has 0 bridgehead atoms. The molecule has 1 aliphatic rings. The number of pyridine rings is 1. The highest BCUT2D eigenvalue weighted by molar-refractivity contribution is 5.31. The first kappa shape index (κ1) is 13.3. The number of nitrogens with zero attached hydrogens (tertiary/aromatic N) is 1. The molecule has 1 aliphatic carbocycles. The number of aromatic nitrogens is 1. The Labute approximate surface area is 121 Å². The minimum absolute atomic E-state index is 0.467. The van der Waals surface area contributed by atoms with Gasteiger partial charge in [-0.05, 0) is 50.4 Å². The van der Waals surface area contributed by atoms with Crippen LogP contribution in [0, 0.1) is 6.92 Å². The van der Waals surface area contributed by atoms with Gasteiger partial charge in [0.05, 0.1) is 0 Å². The molecule has 0 amide bonds. The van der Waals surface area contributed by atoms with E-state index in [-0.39, 0.29) is 0 Å². The monoisotopic (exact) mass is 266 g/mol. The Morgan fingerprint density at radius 2 is 2.05 bits per heavy atom. The molecule has 1 aromatic heterocycles. The van der Waals surface area contributed by atoms with Crippen molar-refractivity contribution in [3.8, 4) is 0 Å². The molecule has 1 N–H and O–H groups in total. The zero-order valence-electron chi connectivity index (χ0n) is 12.3. The maximum atomic E-state index is 4.63. The van der Waals surface area contributed by atoms with E-state index in [2.05, 4.69) is 60.7 Å². The van der Waals surface area contributed by atoms with Crippen molar-refractivity contribution in [2.24, 2.45) is 0 Å². The Balaban J connectivity index is 1.79. The van der Waals surface area contributed by atoms with Crippen LogP contribution in [0.5, 0.6) is 0 Å². The first-order valence-corrected chi connectivity index (χ1v) is 7.44. The number of likely N-dealkylation sites (N-methyl/N-ethyl adjacent to an activating group) is 1. The van der Waals surface area contributed by atoms with E-state index < -0.39 is 0 Å². The number of hydrogen-bond donors (Lipinski definition) is 1. The Morgan fingerprint density at radius 1 is 1.25 bits per heavy atom. The molecule has 1 aromatic carbocycles. The standard InChI is InChI=1S/C18H22N2/c1-13-5-7-14(8-6-13)12-17(19-2)16-10-9-15-4-3-11-20-18(15)16/h3-8,11,16-17,19H,9-10,12H2,1-2H3. The van der Waals surface area contributed by atoms with Crippen molar-refractivity contribution >= 4 is 0 Å². The molecule has 2 aromatic rings. The Hall–Kier alpha value is -1.67. The van der Waals surface area contributed by atoms with Gasteiger partial charge in [-0.15, -0.1) is 0 Å². The molecule has 1 heterocycles. The molecule has 2 atom stereocenters.